The van der Waals surface area contributed by atoms with Crippen LogP contribution >= 0.6 is 11.8 Å². The van der Waals surface area contributed by atoms with Crippen molar-refractivity contribution in [2.24, 2.45) is 0 Å². The maximum atomic E-state index is 10.6. The van der Waals surface area contributed by atoms with E-state index in [0.29, 0.717) is 0 Å². The summed E-state index contributed by atoms with van der Waals surface area (Å²) in [5.74, 6) is 1.45. The molecule has 2 heterocycles. The summed E-state index contributed by atoms with van der Waals surface area (Å²) in [5.41, 5.74) is 0. The average molecular weight is 182 g/mol. The van der Waals surface area contributed by atoms with Crippen LogP contribution in [-0.2, 0) is 18.8 Å². The number of rotatable bonds is 0. The van der Waals surface area contributed by atoms with Crippen molar-refractivity contribution in [3.63, 3.8) is 0 Å². The quantitative estimate of drug-likeness (QED) is 0.517. The summed E-state index contributed by atoms with van der Waals surface area (Å²) in [5, 5.41) is 0. The maximum Gasteiger partial charge on any atom is 0.400 e. The first-order chi connectivity index (χ1) is 4.67. The summed E-state index contributed by atoms with van der Waals surface area (Å²) in [6.45, 7) is 0. The Balaban J connectivity index is 2.21. The van der Waals surface area contributed by atoms with Gasteiger partial charge in [0.1, 0.15) is 12.2 Å². The first-order valence-corrected chi connectivity index (χ1v) is 5.35. The van der Waals surface area contributed by atoms with Crippen LogP contribution in [0.15, 0.2) is 0 Å². The molecule has 2 fully saturated rings. The Kier molecular flexibility index (Phi) is 1.45. The molecule has 2 aliphatic rings. The van der Waals surface area contributed by atoms with Crippen LogP contribution in [0, 0.1) is 0 Å². The Bertz CT molecular complexity index is 216. The summed E-state index contributed by atoms with van der Waals surface area (Å²) < 4.78 is 30.4. The lowest BCUT2D eigenvalue weighted by Gasteiger charge is -1.96. The molecule has 10 heavy (non-hydrogen) atoms. The van der Waals surface area contributed by atoms with Crippen LogP contribution in [0.4, 0.5) is 0 Å². The highest BCUT2D eigenvalue weighted by molar-refractivity contribution is 7.99. The summed E-state index contributed by atoms with van der Waals surface area (Å²) in [6, 6.07) is 0. The monoisotopic (exact) mass is 182 g/mol. The predicted molar refractivity (Wildman–Crippen MR) is 36.0 cm³/mol. The maximum absolute atomic E-state index is 10.6. The van der Waals surface area contributed by atoms with Crippen molar-refractivity contribution in [1.82, 2.24) is 0 Å². The van der Waals surface area contributed by atoms with Crippen molar-refractivity contribution >= 4 is 22.2 Å². The Morgan fingerprint density at radius 2 is 1.70 bits per heavy atom. The first-order valence-electron chi connectivity index (χ1n) is 2.87. The zero-order chi connectivity index (χ0) is 7.19. The SMILES string of the molecule is O=S1(=O)O[C@H]2CSC[C@H]2O1. The molecule has 0 bridgehead atoms. The molecule has 2 aliphatic heterocycles. The molecule has 0 unspecified atom stereocenters. The standard InChI is InChI=1S/C4H6O4S2/c5-10(6)7-3-1-9-2-4(3)8-10/h3-4H,1-2H2/t3-,4+. The van der Waals surface area contributed by atoms with Gasteiger partial charge in [0.2, 0.25) is 0 Å². The zero-order valence-corrected chi connectivity index (χ0v) is 6.65. The van der Waals surface area contributed by atoms with Gasteiger partial charge in [-0.1, -0.05) is 0 Å². The van der Waals surface area contributed by atoms with Crippen molar-refractivity contribution in [3.8, 4) is 0 Å². The normalized spacial score (nSPS) is 43.6. The smallest absolute Gasteiger partial charge is 0.241 e. The van der Waals surface area contributed by atoms with Crippen LogP contribution in [0.2, 0.25) is 0 Å². The van der Waals surface area contributed by atoms with Gasteiger partial charge in [-0.25, -0.2) is 8.37 Å². The van der Waals surface area contributed by atoms with Crippen molar-refractivity contribution in [2.75, 3.05) is 11.5 Å². The fourth-order valence-electron chi connectivity index (χ4n) is 1.02. The van der Waals surface area contributed by atoms with Crippen LogP contribution in [0.3, 0.4) is 0 Å². The van der Waals surface area contributed by atoms with Crippen LogP contribution in [0.5, 0.6) is 0 Å². The summed E-state index contributed by atoms with van der Waals surface area (Å²) >= 11 is 1.65. The minimum atomic E-state index is -3.62. The third kappa shape index (κ3) is 1.05. The lowest BCUT2D eigenvalue weighted by molar-refractivity contribution is 0.205. The molecular formula is C4H6O4S2. The third-order valence-electron chi connectivity index (χ3n) is 1.46. The highest BCUT2D eigenvalue weighted by Gasteiger charge is 2.43. The van der Waals surface area contributed by atoms with Gasteiger partial charge in [0.25, 0.3) is 0 Å². The van der Waals surface area contributed by atoms with Gasteiger partial charge in [0.05, 0.1) is 0 Å². The van der Waals surface area contributed by atoms with Gasteiger partial charge in [0.15, 0.2) is 0 Å². The molecule has 0 aliphatic carbocycles. The van der Waals surface area contributed by atoms with Crippen molar-refractivity contribution in [1.29, 1.82) is 0 Å². The fraction of sp³-hybridized carbons (Fsp3) is 1.00. The summed E-state index contributed by atoms with van der Waals surface area (Å²) in [4.78, 5) is 0. The van der Waals surface area contributed by atoms with Crippen LogP contribution in [-0.4, -0.2) is 32.1 Å². The molecule has 0 radical (unpaired) electrons. The number of hydrogen-bond donors (Lipinski definition) is 0. The Morgan fingerprint density at radius 3 is 2.20 bits per heavy atom. The van der Waals surface area contributed by atoms with Crippen molar-refractivity contribution < 1.29 is 16.8 Å². The minimum Gasteiger partial charge on any atom is -0.241 e. The lowest BCUT2D eigenvalue weighted by atomic mass is 10.3. The molecule has 0 amide bonds. The van der Waals surface area contributed by atoms with E-state index in [-0.39, 0.29) is 12.2 Å². The average Bonchev–Trinajstić information content (AvgIpc) is 2.20. The zero-order valence-electron chi connectivity index (χ0n) is 5.02. The molecule has 0 saturated carbocycles. The minimum absolute atomic E-state index is 0.227. The van der Waals surface area contributed by atoms with E-state index in [9.17, 15) is 8.42 Å². The molecular weight excluding hydrogens is 176 g/mol. The summed E-state index contributed by atoms with van der Waals surface area (Å²) in [6.07, 6.45) is -0.454. The fourth-order valence-corrected chi connectivity index (χ4v) is 3.39. The van der Waals surface area contributed by atoms with E-state index < -0.39 is 10.4 Å². The van der Waals surface area contributed by atoms with Gasteiger partial charge in [-0.3, -0.25) is 0 Å². The molecule has 2 atom stereocenters. The molecule has 4 nitrogen and oxygen atoms in total. The van der Waals surface area contributed by atoms with Gasteiger partial charge in [-0.2, -0.15) is 20.2 Å². The Labute approximate surface area is 63.2 Å². The van der Waals surface area contributed by atoms with Gasteiger partial charge >= 0.3 is 10.4 Å². The predicted octanol–water partition coefficient (Wildman–Crippen LogP) is -0.238. The second-order valence-corrected chi connectivity index (χ2v) is 4.49. The second kappa shape index (κ2) is 2.10. The van der Waals surface area contributed by atoms with Gasteiger partial charge in [0, 0.05) is 11.5 Å². The molecule has 0 spiro atoms. The van der Waals surface area contributed by atoms with E-state index in [0.717, 1.165) is 11.5 Å². The molecule has 0 aromatic rings. The number of thioether (sulfide) groups is 1. The molecule has 0 N–H and O–H groups in total. The topological polar surface area (TPSA) is 52.6 Å². The number of hydrogen-bond acceptors (Lipinski definition) is 5. The Morgan fingerprint density at radius 1 is 1.20 bits per heavy atom. The van der Waals surface area contributed by atoms with Crippen LogP contribution < -0.4 is 0 Å². The van der Waals surface area contributed by atoms with Gasteiger partial charge < -0.3 is 0 Å². The molecule has 0 aromatic heterocycles. The first kappa shape index (κ1) is 6.90. The highest BCUT2D eigenvalue weighted by Crippen LogP contribution is 2.31. The van der Waals surface area contributed by atoms with Crippen molar-refractivity contribution in [2.45, 2.75) is 12.2 Å². The van der Waals surface area contributed by atoms with E-state index in [2.05, 4.69) is 8.37 Å². The Hall–Kier alpha value is 0.220. The van der Waals surface area contributed by atoms with E-state index in [4.69, 9.17) is 0 Å². The largest absolute Gasteiger partial charge is 0.400 e. The second-order valence-electron chi connectivity index (χ2n) is 2.22. The highest BCUT2D eigenvalue weighted by atomic mass is 32.3. The van der Waals surface area contributed by atoms with E-state index in [1.54, 1.807) is 11.8 Å². The van der Waals surface area contributed by atoms with E-state index in [1.165, 1.54) is 0 Å². The molecule has 6 heteroatoms. The van der Waals surface area contributed by atoms with E-state index in [1.807, 2.05) is 0 Å². The molecule has 58 valence electrons. The molecule has 0 aromatic carbocycles. The van der Waals surface area contributed by atoms with Crippen LogP contribution in [0.25, 0.3) is 0 Å². The van der Waals surface area contributed by atoms with E-state index >= 15 is 0 Å². The lowest BCUT2D eigenvalue weighted by Crippen LogP contribution is -2.18. The summed E-state index contributed by atoms with van der Waals surface area (Å²) in [7, 11) is -3.62. The molecule has 2 saturated heterocycles. The van der Waals surface area contributed by atoms with Crippen LogP contribution in [0.1, 0.15) is 0 Å². The number of fused-ring (bicyclic) bond motifs is 1. The molecule has 2 rings (SSSR count). The van der Waals surface area contributed by atoms with Gasteiger partial charge in [-0.05, 0) is 0 Å². The third-order valence-corrected chi connectivity index (χ3v) is 3.56. The van der Waals surface area contributed by atoms with Gasteiger partial charge in [-0.15, -0.1) is 0 Å². The van der Waals surface area contributed by atoms with Crippen molar-refractivity contribution in [3.05, 3.63) is 0 Å².